The number of benzene rings is 1. The van der Waals surface area contributed by atoms with Crippen LogP contribution in [0.5, 0.6) is 0 Å². The summed E-state index contributed by atoms with van der Waals surface area (Å²) in [6.07, 6.45) is -0.0458. The van der Waals surface area contributed by atoms with E-state index in [0.29, 0.717) is 0 Å². The molecular weight excluding hydrogens is 330 g/mol. The summed E-state index contributed by atoms with van der Waals surface area (Å²) in [5.74, 6) is -2.77. The fraction of sp³-hybridized carbons (Fsp3) is 0.333. The van der Waals surface area contributed by atoms with E-state index in [1.165, 1.54) is 11.0 Å². The third-order valence-corrected chi connectivity index (χ3v) is 4.33. The minimum absolute atomic E-state index is 0.0458. The number of carbonyl (C=O) groups is 2. The number of nitro benzene ring substituents is 1. The molecule has 1 fully saturated rings. The predicted molar refractivity (Wildman–Crippen MR) is 78.5 cm³/mol. The molecule has 0 bridgehead atoms. The highest BCUT2D eigenvalue weighted by Gasteiger charge is 2.34. The van der Waals surface area contributed by atoms with Crippen molar-refractivity contribution < 1.29 is 28.0 Å². The molecule has 2 rings (SSSR count). The second kappa shape index (κ2) is 5.93. The van der Waals surface area contributed by atoms with Crippen LogP contribution in [-0.4, -0.2) is 42.6 Å². The molecule has 0 aromatic heterocycles. The second-order valence-corrected chi connectivity index (χ2v) is 6.83. The Morgan fingerprint density at radius 2 is 2.13 bits per heavy atom. The number of hydrogen-bond acceptors (Lipinski definition) is 6. The molecule has 124 valence electrons. The van der Waals surface area contributed by atoms with Gasteiger partial charge < -0.3 is 10.0 Å². The quantitative estimate of drug-likeness (QED) is 0.558. The van der Waals surface area contributed by atoms with E-state index in [2.05, 4.69) is 0 Å². The molecule has 1 unspecified atom stereocenters. The molecule has 23 heavy (non-hydrogen) atoms. The number of primary sulfonamides is 1. The third kappa shape index (κ3) is 3.81. The summed E-state index contributed by atoms with van der Waals surface area (Å²) in [6.45, 7) is 0.0478. The molecule has 1 aliphatic heterocycles. The molecule has 3 N–H and O–H groups in total. The zero-order valence-corrected chi connectivity index (χ0v) is 12.5. The van der Waals surface area contributed by atoms with Gasteiger partial charge in [-0.1, -0.05) is 0 Å². The van der Waals surface area contributed by atoms with Crippen LogP contribution in [0.4, 0.5) is 11.4 Å². The molecule has 0 radical (unpaired) electrons. The number of amides is 1. The van der Waals surface area contributed by atoms with Gasteiger partial charge in [-0.25, -0.2) is 18.4 Å². The number of hydrogen-bond donors (Lipinski definition) is 2. The lowest BCUT2D eigenvalue weighted by Crippen LogP contribution is -2.27. The molecule has 1 amide bonds. The number of nitrogens with zero attached hydrogens (tertiary/aromatic N) is 2. The molecule has 10 nitrogen and oxygen atoms in total. The van der Waals surface area contributed by atoms with Crippen LogP contribution < -0.4 is 10.0 Å². The fourth-order valence-corrected chi connectivity index (χ4v) is 3.37. The van der Waals surface area contributed by atoms with Crippen molar-refractivity contribution in [1.82, 2.24) is 0 Å². The number of carboxylic acids is 1. The summed E-state index contributed by atoms with van der Waals surface area (Å²) in [6, 6.07) is 3.28. The number of nitrogens with two attached hydrogens (primary N) is 1. The van der Waals surface area contributed by atoms with E-state index >= 15 is 0 Å². The highest BCUT2D eigenvalue weighted by atomic mass is 32.2. The highest BCUT2D eigenvalue weighted by Crippen LogP contribution is 2.30. The number of nitro groups is 1. The van der Waals surface area contributed by atoms with Gasteiger partial charge in [-0.2, -0.15) is 0 Å². The number of sulfonamides is 1. The first-order valence-corrected chi connectivity index (χ1v) is 8.12. The van der Waals surface area contributed by atoms with Gasteiger partial charge in [0.05, 0.1) is 10.7 Å². The monoisotopic (exact) mass is 343 g/mol. The minimum Gasteiger partial charge on any atom is -0.477 e. The Morgan fingerprint density at radius 1 is 1.48 bits per heavy atom. The maximum absolute atomic E-state index is 12.0. The Bertz CT molecular complexity index is 790. The third-order valence-electron chi connectivity index (χ3n) is 3.39. The van der Waals surface area contributed by atoms with E-state index < -0.39 is 44.0 Å². The van der Waals surface area contributed by atoms with Crippen molar-refractivity contribution in [3.8, 4) is 0 Å². The highest BCUT2D eigenvalue weighted by molar-refractivity contribution is 7.89. The first-order chi connectivity index (χ1) is 10.6. The Kier molecular flexibility index (Phi) is 4.34. The largest absolute Gasteiger partial charge is 0.477 e. The van der Waals surface area contributed by atoms with Crippen LogP contribution in [0.2, 0.25) is 0 Å². The van der Waals surface area contributed by atoms with Crippen molar-refractivity contribution in [1.29, 1.82) is 0 Å². The number of carboxylic acid groups (broad SMARTS) is 1. The number of aromatic carboxylic acids is 1. The Hall–Kier alpha value is -2.53. The van der Waals surface area contributed by atoms with Gasteiger partial charge >= 0.3 is 5.97 Å². The Labute approximate surface area is 130 Å². The zero-order chi connectivity index (χ0) is 17.4. The van der Waals surface area contributed by atoms with E-state index in [9.17, 15) is 28.1 Å². The van der Waals surface area contributed by atoms with Crippen molar-refractivity contribution in [3.05, 3.63) is 33.9 Å². The van der Waals surface area contributed by atoms with Gasteiger partial charge in [0.1, 0.15) is 5.56 Å². The van der Waals surface area contributed by atoms with E-state index in [0.717, 1.165) is 12.1 Å². The topological polar surface area (TPSA) is 161 Å². The van der Waals surface area contributed by atoms with Crippen molar-refractivity contribution >= 4 is 33.3 Å². The summed E-state index contributed by atoms with van der Waals surface area (Å²) >= 11 is 0. The number of anilines is 1. The zero-order valence-electron chi connectivity index (χ0n) is 11.7. The van der Waals surface area contributed by atoms with Crippen molar-refractivity contribution in [3.63, 3.8) is 0 Å². The van der Waals surface area contributed by atoms with Crippen LogP contribution in [-0.2, 0) is 14.8 Å². The van der Waals surface area contributed by atoms with Gasteiger partial charge in [0.15, 0.2) is 0 Å². The van der Waals surface area contributed by atoms with E-state index in [4.69, 9.17) is 10.2 Å². The van der Waals surface area contributed by atoms with Crippen LogP contribution in [0.25, 0.3) is 0 Å². The van der Waals surface area contributed by atoms with Crippen molar-refractivity contribution in [2.24, 2.45) is 11.1 Å². The van der Waals surface area contributed by atoms with Crippen LogP contribution in [0.15, 0.2) is 18.2 Å². The van der Waals surface area contributed by atoms with Crippen molar-refractivity contribution in [2.75, 3.05) is 17.2 Å². The molecule has 1 atom stereocenters. The normalized spacial score (nSPS) is 18.2. The SMILES string of the molecule is NS(=O)(=O)CC1CC(=O)N(c2ccc([N+](=O)[O-])c(C(=O)O)c2)C1. The van der Waals surface area contributed by atoms with E-state index in [-0.39, 0.29) is 24.4 Å². The second-order valence-electron chi connectivity index (χ2n) is 5.17. The van der Waals surface area contributed by atoms with Gasteiger partial charge in [0, 0.05) is 30.6 Å². The average molecular weight is 343 g/mol. The van der Waals surface area contributed by atoms with Crippen LogP contribution in [0, 0.1) is 16.0 Å². The fourth-order valence-electron chi connectivity index (χ4n) is 2.49. The summed E-state index contributed by atoms with van der Waals surface area (Å²) in [5.41, 5.74) is -0.973. The first kappa shape index (κ1) is 16.8. The van der Waals surface area contributed by atoms with Gasteiger partial charge in [-0.3, -0.25) is 14.9 Å². The smallest absolute Gasteiger partial charge is 0.342 e. The number of carbonyl (C=O) groups excluding carboxylic acids is 1. The summed E-state index contributed by atoms with van der Waals surface area (Å²) < 4.78 is 22.2. The van der Waals surface area contributed by atoms with Gasteiger partial charge in [-0.05, 0) is 12.1 Å². The van der Waals surface area contributed by atoms with E-state index in [1.54, 1.807) is 0 Å². The molecule has 1 saturated heterocycles. The maximum atomic E-state index is 12.0. The molecule has 1 heterocycles. The predicted octanol–water partition coefficient (Wildman–Crippen LogP) is -0.0656. The lowest BCUT2D eigenvalue weighted by atomic mass is 10.1. The minimum atomic E-state index is -3.74. The van der Waals surface area contributed by atoms with Crippen molar-refractivity contribution in [2.45, 2.75) is 6.42 Å². The Balaban J connectivity index is 2.32. The lowest BCUT2D eigenvalue weighted by molar-refractivity contribution is -0.385. The molecule has 0 aliphatic carbocycles. The molecule has 1 aromatic carbocycles. The van der Waals surface area contributed by atoms with Crippen LogP contribution in [0.3, 0.4) is 0 Å². The van der Waals surface area contributed by atoms with E-state index in [1.807, 2.05) is 0 Å². The lowest BCUT2D eigenvalue weighted by Gasteiger charge is -2.17. The maximum Gasteiger partial charge on any atom is 0.342 e. The molecule has 11 heteroatoms. The summed E-state index contributed by atoms with van der Waals surface area (Å²) in [4.78, 5) is 34.3. The molecule has 0 spiro atoms. The van der Waals surface area contributed by atoms with Crippen LogP contribution >= 0.6 is 0 Å². The summed E-state index contributed by atoms with van der Waals surface area (Å²) in [5, 5.41) is 24.8. The van der Waals surface area contributed by atoms with Gasteiger partial charge in [-0.15, -0.1) is 0 Å². The first-order valence-electron chi connectivity index (χ1n) is 6.41. The Morgan fingerprint density at radius 3 is 2.65 bits per heavy atom. The average Bonchev–Trinajstić information content (AvgIpc) is 2.76. The molecule has 1 aromatic rings. The van der Waals surface area contributed by atoms with Gasteiger partial charge in [0.2, 0.25) is 15.9 Å². The molecule has 1 aliphatic rings. The van der Waals surface area contributed by atoms with Crippen LogP contribution in [0.1, 0.15) is 16.8 Å². The standard InChI is InChI=1S/C12H13N3O7S/c13-23(21,22)6-7-3-11(16)14(5-7)8-1-2-10(15(19)20)9(4-8)12(17)18/h1-2,4,7H,3,5-6H2,(H,17,18)(H2,13,21,22). The molecule has 0 saturated carbocycles. The number of rotatable bonds is 5. The summed E-state index contributed by atoms with van der Waals surface area (Å²) in [7, 11) is -3.74. The molecular formula is C12H13N3O7S. The van der Waals surface area contributed by atoms with Gasteiger partial charge in [0.25, 0.3) is 5.69 Å².